The summed E-state index contributed by atoms with van der Waals surface area (Å²) in [5.74, 6) is 0.281. The molecule has 0 bridgehead atoms. The molecule has 0 N–H and O–H groups in total. The van der Waals surface area contributed by atoms with Gasteiger partial charge in [0.1, 0.15) is 5.52 Å². The van der Waals surface area contributed by atoms with Gasteiger partial charge in [-0.05, 0) is 31.0 Å². The molecule has 3 rings (SSSR count). The predicted molar refractivity (Wildman–Crippen MR) is 75.2 cm³/mol. The molecule has 1 fully saturated rings. The molecule has 0 spiro atoms. The van der Waals surface area contributed by atoms with Crippen LogP contribution < -0.4 is 0 Å². The van der Waals surface area contributed by atoms with E-state index < -0.39 is 0 Å². The highest BCUT2D eigenvalue weighted by Crippen LogP contribution is 2.33. The second-order valence-corrected chi connectivity index (χ2v) is 5.95. The number of rotatable bonds is 1. The molecule has 2 aromatic rings. The number of nitrogens with zero attached hydrogens (tertiary/aromatic N) is 1. The standard InChI is InChI=1S/C15H15BrFN/c16-12-8-11-6-7-14(10-4-2-1-3-5-10)18-15(11)13(17)9-12/h6-10H,1-5H2. The molecular formula is C15H15BrFN. The number of benzene rings is 1. The highest BCUT2D eigenvalue weighted by Gasteiger charge is 2.17. The molecule has 0 radical (unpaired) electrons. The van der Waals surface area contributed by atoms with Gasteiger partial charge < -0.3 is 0 Å². The Morgan fingerprint density at radius 3 is 2.67 bits per heavy atom. The Kier molecular flexibility index (Phi) is 3.33. The fraction of sp³-hybridized carbons (Fsp3) is 0.400. The molecule has 0 aliphatic heterocycles. The van der Waals surface area contributed by atoms with Crippen LogP contribution in [0.15, 0.2) is 28.7 Å². The van der Waals surface area contributed by atoms with Crippen LogP contribution in [0, 0.1) is 5.82 Å². The Bertz CT molecular complexity index is 576. The number of fused-ring (bicyclic) bond motifs is 1. The Labute approximate surface area is 115 Å². The third kappa shape index (κ3) is 2.28. The lowest BCUT2D eigenvalue weighted by Crippen LogP contribution is -2.06. The molecule has 1 aliphatic rings. The monoisotopic (exact) mass is 307 g/mol. The summed E-state index contributed by atoms with van der Waals surface area (Å²) >= 11 is 3.31. The molecule has 1 heterocycles. The average Bonchev–Trinajstić information content (AvgIpc) is 2.39. The summed E-state index contributed by atoms with van der Waals surface area (Å²) in [5, 5.41) is 0.862. The summed E-state index contributed by atoms with van der Waals surface area (Å²) < 4.78 is 14.7. The number of hydrogen-bond donors (Lipinski definition) is 0. The molecule has 18 heavy (non-hydrogen) atoms. The van der Waals surface area contributed by atoms with E-state index in [0.29, 0.717) is 11.4 Å². The van der Waals surface area contributed by atoms with Crippen molar-refractivity contribution in [2.24, 2.45) is 0 Å². The lowest BCUT2D eigenvalue weighted by atomic mass is 9.86. The van der Waals surface area contributed by atoms with E-state index in [2.05, 4.69) is 27.0 Å². The Hall–Kier alpha value is -0.960. The van der Waals surface area contributed by atoms with E-state index >= 15 is 0 Å². The maximum absolute atomic E-state index is 13.9. The number of hydrogen-bond acceptors (Lipinski definition) is 1. The van der Waals surface area contributed by atoms with Crippen molar-refractivity contribution in [3.05, 3.63) is 40.2 Å². The Morgan fingerprint density at radius 2 is 1.89 bits per heavy atom. The van der Waals surface area contributed by atoms with Crippen molar-refractivity contribution in [1.82, 2.24) is 4.98 Å². The van der Waals surface area contributed by atoms with Crippen molar-refractivity contribution < 1.29 is 4.39 Å². The quantitative estimate of drug-likeness (QED) is 0.707. The molecule has 0 unspecified atom stereocenters. The van der Waals surface area contributed by atoms with Gasteiger partial charge in [-0.3, -0.25) is 0 Å². The lowest BCUT2D eigenvalue weighted by Gasteiger charge is -2.21. The van der Waals surface area contributed by atoms with Gasteiger partial charge in [-0.1, -0.05) is 41.3 Å². The molecule has 1 nitrogen and oxygen atoms in total. The van der Waals surface area contributed by atoms with Crippen LogP contribution in [0.3, 0.4) is 0 Å². The van der Waals surface area contributed by atoms with Crippen LogP contribution in [-0.4, -0.2) is 4.98 Å². The zero-order valence-electron chi connectivity index (χ0n) is 10.1. The first-order chi connectivity index (χ1) is 8.74. The molecule has 0 saturated heterocycles. The minimum atomic E-state index is -0.239. The first-order valence-corrected chi connectivity index (χ1v) is 7.29. The van der Waals surface area contributed by atoms with E-state index in [4.69, 9.17) is 0 Å². The lowest BCUT2D eigenvalue weighted by molar-refractivity contribution is 0.437. The van der Waals surface area contributed by atoms with Crippen molar-refractivity contribution in [3.8, 4) is 0 Å². The number of aromatic nitrogens is 1. The van der Waals surface area contributed by atoms with Gasteiger partial charge in [0.05, 0.1) is 0 Å². The van der Waals surface area contributed by atoms with Crippen molar-refractivity contribution in [1.29, 1.82) is 0 Å². The van der Waals surface area contributed by atoms with Gasteiger partial charge in [-0.25, -0.2) is 9.37 Å². The molecule has 94 valence electrons. The first kappa shape index (κ1) is 12.1. The molecule has 3 heteroatoms. The molecule has 1 aliphatic carbocycles. The normalized spacial score (nSPS) is 17.2. The van der Waals surface area contributed by atoms with Crippen LogP contribution in [0.25, 0.3) is 10.9 Å². The van der Waals surface area contributed by atoms with Gasteiger partial charge in [-0.15, -0.1) is 0 Å². The molecule has 0 amide bonds. The summed E-state index contributed by atoms with van der Waals surface area (Å²) in [6, 6.07) is 7.44. The number of pyridine rings is 1. The second kappa shape index (κ2) is 4.96. The Balaban J connectivity index is 2.04. The van der Waals surface area contributed by atoms with Crippen molar-refractivity contribution in [2.45, 2.75) is 38.0 Å². The van der Waals surface area contributed by atoms with E-state index in [1.54, 1.807) is 0 Å². The predicted octanol–water partition coefficient (Wildman–Crippen LogP) is 5.18. The largest absolute Gasteiger partial charge is 0.249 e. The zero-order valence-corrected chi connectivity index (χ0v) is 11.7. The van der Waals surface area contributed by atoms with Crippen molar-refractivity contribution in [2.75, 3.05) is 0 Å². The zero-order chi connectivity index (χ0) is 12.5. The molecular weight excluding hydrogens is 293 g/mol. The summed E-state index contributed by atoms with van der Waals surface area (Å²) in [7, 11) is 0. The van der Waals surface area contributed by atoms with Crippen molar-refractivity contribution >= 4 is 26.8 Å². The highest BCUT2D eigenvalue weighted by atomic mass is 79.9. The van der Waals surface area contributed by atoms with Crippen molar-refractivity contribution in [3.63, 3.8) is 0 Å². The van der Waals surface area contributed by atoms with Gasteiger partial charge in [0, 0.05) is 21.5 Å². The third-order valence-corrected chi connectivity index (χ3v) is 4.21. The minimum absolute atomic E-state index is 0.239. The van der Waals surface area contributed by atoms with E-state index in [0.717, 1.165) is 15.6 Å². The van der Waals surface area contributed by atoms with E-state index in [1.165, 1.54) is 38.2 Å². The van der Waals surface area contributed by atoms with E-state index in [1.807, 2.05) is 12.1 Å². The van der Waals surface area contributed by atoms with Gasteiger partial charge in [0.2, 0.25) is 0 Å². The van der Waals surface area contributed by atoms with E-state index in [9.17, 15) is 4.39 Å². The van der Waals surface area contributed by atoms with Crippen LogP contribution in [0.1, 0.15) is 43.7 Å². The van der Waals surface area contributed by atoms with Gasteiger partial charge in [0.25, 0.3) is 0 Å². The SMILES string of the molecule is Fc1cc(Br)cc2ccc(C3CCCCC3)nc12. The Morgan fingerprint density at radius 1 is 1.11 bits per heavy atom. The second-order valence-electron chi connectivity index (χ2n) is 5.03. The molecule has 1 aromatic heterocycles. The fourth-order valence-electron chi connectivity index (χ4n) is 2.80. The summed E-state index contributed by atoms with van der Waals surface area (Å²) in [4.78, 5) is 4.54. The smallest absolute Gasteiger partial charge is 0.150 e. The third-order valence-electron chi connectivity index (χ3n) is 3.76. The van der Waals surface area contributed by atoms with Crippen LogP contribution in [0.4, 0.5) is 4.39 Å². The number of halogens is 2. The topological polar surface area (TPSA) is 12.9 Å². The highest BCUT2D eigenvalue weighted by molar-refractivity contribution is 9.10. The van der Waals surface area contributed by atoms with Gasteiger partial charge in [0.15, 0.2) is 5.82 Å². The van der Waals surface area contributed by atoms with E-state index in [-0.39, 0.29) is 5.82 Å². The molecule has 1 aromatic carbocycles. The van der Waals surface area contributed by atoms with Gasteiger partial charge in [-0.2, -0.15) is 0 Å². The van der Waals surface area contributed by atoms with Crippen LogP contribution in [0.5, 0.6) is 0 Å². The minimum Gasteiger partial charge on any atom is -0.249 e. The van der Waals surface area contributed by atoms with Crippen LogP contribution in [0.2, 0.25) is 0 Å². The summed E-state index contributed by atoms with van der Waals surface area (Å²) in [6.45, 7) is 0. The maximum atomic E-state index is 13.9. The fourth-order valence-corrected chi connectivity index (χ4v) is 3.25. The summed E-state index contributed by atoms with van der Waals surface area (Å²) in [6.07, 6.45) is 6.25. The average molecular weight is 308 g/mol. The maximum Gasteiger partial charge on any atom is 0.150 e. The first-order valence-electron chi connectivity index (χ1n) is 6.50. The molecule has 0 atom stereocenters. The van der Waals surface area contributed by atoms with Crippen LogP contribution in [-0.2, 0) is 0 Å². The van der Waals surface area contributed by atoms with Crippen LogP contribution >= 0.6 is 15.9 Å². The summed E-state index contributed by atoms with van der Waals surface area (Å²) in [5.41, 5.74) is 1.56. The molecule has 1 saturated carbocycles. The van der Waals surface area contributed by atoms with Gasteiger partial charge >= 0.3 is 0 Å².